The minimum atomic E-state index is -0.0818. The lowest BCUT2D eigenvalue weighted by Gasteiger charge is -2.08. The van der Waals surface area contributed by atoms with Gasteiger partial charge >= 0.3 is 0 Å². The molecule has 9 heteroatoms. The van der Waals surface area contributed by atoms with E-state index in [1.165, 1.54) is 0 Å². The summed E-state index contributed by atoms with van der Waals surface area (Å²) < 4.78 is 3.51. The molecule has 2 N–H and O–H groups in total. The van der Waals surface area contributed by atoms with Crippen molar-refractivity contribution in [2.45, 2.75) is 13.0 Å². The molecule has 0 saturated carbocycles. The molecule has 0 aliphatic rings. The molecule has 3 aromatic heterocycles. The van der Waals surface area contributed by atoms with Crippen molar-refractivity contribution in [1.82, 2.24) is 19.7 Å². The van der Waals surface area contributed by atoms with E-state index in [0.29, 0.717) is 11.3 Å². The molecule has 0 radical (unpaired) electrons. The largest absolute Gasteiger partial charge is 0.326 e. The second kappa shape index (κ2) is 8.54. The lowest BCUT2D eigenvalue weighted by molar-refractivity contribution is -0.116. The highest BCUT2D eigenvalue weighted by Gasteiger charge is 2.12. The van der Waals surface area contributed by atoms with E-state index >= 15 is 0 Å². The number of anilines is 1. The Kier molecular flexibility index (Phi) is 5.46. The molecule has 0 aliphatic heterocycles. The van der Waals surface area contributed by atoms with Crippen molar-refractivity contribution in [2.24, 2.45) is 0 Å². The molecule has 0 unspecified atom stereocenters. The molecule has 0 aliphatic carbocycles. The summed E-state index contributed by atoms with van der Waals surface area (Å²) in [5.41, 5.74) is 2.71. The minimum absolute atomic E-state index is 0.0818. The number of amides is 1. The first-order chi connectivity index (χ1) is 15.2. The first-order valence-electron chi connectivity index (χ1n) is 9.62. The van der Waals surface area contributed by atoms with E-state index in [4.69, 9.17) is 17.2 Å². The van der Waals surface area contributed by atoms with Crippen LogP contribution in [-0.2, 0) is 11.3 Å². The molecule has 0 atom stereocenters. The molecule has 0 fully saturated rings. The third-order valence-electron chi connectivity index (χ3n) is 4.75. The molecular formula is C22H17N5OS3. The van der Waals surface area contributed by atoms with Gasteiger partial charge in [-0.25, -0.2) is 4.98 Å². The molecule has 0 saturated heterocycles. The number of rotatable bonds is 6. The second-order valence-corrected chi connectivity index (χ2v) is 9.21. The Labute approximate surface area is 191 Å². The number of aromatic nitrogens is 4. The number of carbonyl (C=O) groups is 1. The summed E-state index contributed by atoms with van der Waals surface area (Å²) in [7, 11) is 0. The van der Waals surface area contributed by atoms with Crippen LogP contribution in [0.15, 0.2) is 66.0 Å². The van der Waals surface area contributed by atoms with Crippen LogP contribution in [0.25, 0.3) is 31.5 Å². The van der Waals surface area contributed by atoms with Gasteiger partial charge in [-0.15, -0.1) is 22.7 Å². The van der Waals surface area contributed by atoms with E-state index in [2.05, 4.69) is 21.6 Å². The monoisotopic (exact) mass is 463 g/mol. The van der Waals surface area contributed by atoms with Crippen molar-refractivity contribution >= 4 is 56.7 Å². The van der Waals surface area contributed by atoms with E-state index in [1.54, 1.807) is 22.7 Å². The molecule has 31 heavy (non-hydrogen) atoms. The standard InChI is InChI=1S/C22H17N5OS3/c28-19(10-11-27-20(25-26-22(27)29)18-9-4-12-30-18)23-15-6-3-5-14(13-15)21-24-16-7-1-2-8-17(16)31-21/h1-9,12-13H,10-11H2,(H,23,28)(H,26,29). The SMILES string of the molecule is O=C(CCn1c(-c2cccs2)n[nH]c1=S)Nc1cccc(-c2nc3ccccc3s2)c1. The molecule has 5 aromatic rings. The number of carbonyl (C=O) groups excluding carboxylic acids is 1. The molecule has 0 bridgehead atoms. The van der Waals surface area contributed by atoms with E-state index < -0.39 is 0 Å². The lowest BCUT2D eigenvalue weighted by Crippen LogP contribution is -2.15. The summed E-state index contributed by atoms with van der Waals surface area (Å²) >= 11 is 8.57. The molecule has 6 nitrogen and oxygen atoms in total. The van der Waals surface area contributed by atoms with Gasteiger partial charge in [0.2, 0.25) is 5.91 Å². The second-order valence-electron chi connectivity index (χ2n) is 6.85. The maximum atomic E-state index is 12.6. The molecule has 3 heterocycles. The van der Waals surface area contributed by atoms with Gasteiger partial charge in [-0.3, -0.25) is 14.5 Å². The van der Waals surface area contributed by atoms with Gasteiger partial charge in [0, 0.05) is 24.2 Å². The van der Waals surface area contributed by atoms with Crippen LogP contribution in [0.2, 0.25) is 0 Å². The predicted molar refractivity (Wildman–Crippen MR) is 129 cm³/mol. The number of hydrogen-bond acceptors (Lipinski definition) is 6. The van der Waals surface area contributed by atoms with Gasteiger partial charge in [0.1, 0.15) is 5.01 Å². The smallest absolute Gasteiger partial charge is 0.226 e. The number of benzene rings is 2. The van der Waals surface area contributed by atoms with E-state index in [-0.39, 0.29) is 12.3 Å². The van der Waals surface area contributed by atoms with Crippen molar-refractivity contribution in [3.8, 4) is 21.3 Å². The number of nitrogens with one attached hydrogen (secondary N) is 2. The highest BCUT2D eigenvalue weighted by molar-refractivity contribution is 7.71. The zero-order valence-corrected chi connectivity index (χ0v) is 18.7. The molecule has 154 valence electrons. The Morgan fingerprint density at radius 2 is 2.03 bits per heavy atom. The van der Waals surface area contributed by atoms with Gasteiger partial charge in [0.05, 0.1) is 15.1 Å². The fraction of sp³-hybridized carbons (Fsp3) is 0.0909. The van der Waals surface area contributed by atoms with Gasteiger partial charge in [-0.2, -0.15) is 5.10 Å². The van der Waals surface area contributed by atoms with Crippen LogP contribution >= 0.6 is 34.9 Å². The van der Waals surface area contributed by atoms with E-state index in [9.17, 15) is 4.79 Å². The van der Waals surface area contributed by atoms with Gasteiger partial charge in [0.15, 0.2) is 10.6 Å². The minimum Gasteiger partial charge on any atom is -0.326 e. The van der Waals surface area contributed by atoms with Crippen LogP contribution in [-0.4, -0.2) is 25.7 Å². The Morgan fingerprint density at radius 3 is 2.87 bits per heavy atom. The van der Waals surface area contributed by atoms with Gasteiger partial charge in [-0.1, -0.05) is 30.3 Å². The van der Waals surface area contributed by atoms with Gasteiger partial charge in [-0.05, 0) is 47.9 Å². The van der Waals surface area contributed by atoms with Crippen LogP contribution in [0.4, 0.5) is 5.69 Å². The van der Waals surface area contributed by atoms with Gasteiger partial charge < -0.3 is 5.32 Å². The van der Waals surface area contributed by atoms with Crippen molar-refractivity contribution < 1.29 is 4.79 Å². The summed E-state index contributed by atoms with van der Waals surface area (Å²) in [6.07, 6.45) is 0.289. The number of aromatic amines is 1. The number of thiophene rings is 1. The predicted octanol–water partition coefficient (Wildman–Crippen LogP) is 5.97. The van der Waals surface area contributed by atoms with Crippen LogP contribution < -0.4 is 5.32 Å². The van der Waals surface area contributed by atoms with E-state index in [0.717, 1.165) is 37.2 Å². The Bertz CT molecular complexity index is 1380. The quantitative estimate of drug-likeness (QED) is 0.304. The van der Waals surface area contributed by atoms with Crippen LogP contribution in [0.3, 0.4) is 0 Å². The zero-order chi connectivity index (χ0) is 21.2. The first-order valence-corrected chi connectivity index (χ1v) is 11.7. The van der Waals surface area contributed by atoms with Crippen molar-refractivity contribution in [2.75, 3.05) is 5.32 Å². The van der Waals surface area contributed by atoms with Crippen LogP contribution in [0.5, 0.6) is 0 Å². The molecular weight excluding hydrogens is 446 g/mol. The van der Waals surface area contributed by atoms with Gasteiger partial charge in [0.25, 0.3) is 0 Å². The maximum absolute atomic E-state index is 12.6. The molecule has 5 rings (SSSR count). The Balaban J connectivity index is 1.29. The zero-order valence-electron chi connectivity index (χ0n) is 16.2. The Hall–Kier alpha value is -3.14. The number of para-hydroxylation sites is 1. The average molecular weight is 464 g/mol. The van der Waals surface area contributed by atoms with Crippen LogP contribution in [0.1, 0.15) is 6.42 Å². The third kappa shape index (κ3) is 4.20. The Morgan fingerprint density at radius 1 is 1.13 bits per heavy atom. The third-order valence-corrected chi connectivity index (χ3v) is 7.01. The van der Waals surface area contributed by atoms with E-state index in [1.807, 2.05) is 64.5 Å². The summed E-state index contributed by atoms with van der Waals surface area (Å²) in [5, 5.41) is 13.0. The number of nitrogens with zero attached hydrogens (tertiary/aromatic N) is 3. The summed E-state index contributed by atoms with van der Waals surface area (Å²) in [6.45, 7) is 0.450. The highest BCUT2D eigenvalue weighted by atomic mass is 32.1. The van der Waals surface area contributed by atoms with Crippen LogP contribution in [0, 0.1) is 4.77 Å². The highest BCUT2D eigenvalue weighted by Crippen LogP contribution is 2.31. The normalized spacial score (nSPS) is 11.1. The number of thiazole rings is 1. The summed E-state index contributed by atoms with van der Waals surface area (Å²) in [5.74, 6) is 0.673. The molecule has 1 amide bonds. The van der Waals surface area contributed by atoms with Crippen molar-refractivity contribution in [1.29, 1.82) is 0 Å². The number of fused-ring (bicyclic) bond motifs is 1. The maximum Gasteiger partial charge on any atom is 0.226 e. The van der Waals surface area contributed by atoms with Crippen molar-refractivity contribution in [3.05, 3.63) is 70.8 Å². The number of H-pyrrole nitrogens is 1. The first kappa shape index (κ1) is 19.8. The number of hydrogen-bond donors (Lipinski definition) is 2. The molecule has 2 aromatic carbocycles. The fourth-order valence-electron chi connectivity index (χ4n) is 3.28. The summed E-state index contributed by atoms with van der Waals surface area (Å²) in [4.78, 5) is 18.3. The molecule has 0 spiro atoms. The summed E-state index contributed by atoms with van der Waals surface area (Å²) in [6, 6.07) is 19.8. The lowest BCUT2D eigenvalue weighted by atomic mass is 10.2. The average Bonchev–Trinajstić information content (AvgIpc) is 3.52. The van der Waals surface area contributed by atoms with Crippen molar-refractivity contribution in [3.63, 3.8) is 0 Å². The topological polar surface area (TPSA) is 75.6 Å². The fourth-order valence-corrected chi connectivity index (χ4v) is 5.19.